The Morgan fingerprint density at radius 3 is 2.53 bits per heavy atom. The van der Waals surface area contributed by atoms with Crippen molar-refractivity contribution >= 4 is 0 Å². The van der Waals surface area contributed by atoms with Crippen molar-refractivity contribution in [2.45, 2.75) is 45.6 Å². The van der Waals surface area contributed by atoms with E-state index in [9.17, 15) is 5.11 Å². The van der Waals surface area contributed by atoms with Crippen molar-refractivity contribution in [3.05, 3.63) is 29.8 Å². The minimum absolute atomic E-state index is 0.340. The van der Waals surface area contributed by atoms with Gasteiger partial charge in [-0.3, -0.25) is 0 Å². The first-order chi connectivity index (χ1) is 9.26. The van der Waals surface area contributed by atoms with Crippen molar-refractivity contribution < 1.29 is 9.84 Å². The molecule has 0 aliphatic carbocycles. The number of aliphatic hydroxyl groups is 1. The van der Waals surface area contributed by atoms with Crippen molar-refractivity contribution in [1.29, 1.82) is 0 Å². The number of aryl methyl sites for hydroxylation is 1. The zero-order valence-electron chi connectivity index (χ0n) is 12.2. The molecule has 3 nitrogen and oxygen atoms in total. The molecule has 19 heavy (non-hydrogen) atoms. The number of benzene rings is 1. The maximum atomic E-state index is 9.78. The molecule has 0 bridgehead atoms. The Kier molecular flexibility index (Phi) is 8.26. The van der Waals surface area contributed by atoms with E-state index in [0.29, 0.717) is 13.2 Å². The molecule has 0 saturated carbocycles. The fraction of sp³-hybridized carbons (Fsp3) is 0.625. The quantitative estimate of drug-likeness (QED) is 0.639. The van der Waals surface area contributed by atoms with Crippen LogP contribution in [0.2, 0.25) is 0 Å². The van der Waals surface area contributed by atoms with Gasteiger partial charge in [0, 0.05) is 6.54 Å². The van der Waals surface area contributed by atoms with Gasteiger partial charge in [-0.15, -0.1) is 0 Å². The third kappa shape index (κ3) is 7.19. The van der Waals surface area contributed by atoms with Crippen LogP contribution < -0.4 is 10.1 Å². The summed E-state index contributed by atoms with van der Waals surface area (Å²) in [6, 6.07) is 8.04. The molecular weight excluding hydrogens is 238 g/mol. The molecule has 1 rings (SSSR count). The van der Waals surface area contributed by atoms with Gasteiger partial charge in [0.15, 0.2) is 0 Å². The number of ether oxygens (including phenoxy) is 1. The molecule has 1 aromatic rings. The van der Waals surface area contributed by atoms with Crippen LogP contribution in [-0.2, 0) is 6.42 Å². The van der Waals surface area contributed by atoms with Crippen molar-refractivity contribution in [3.8, 4) is 5.75 Å². The Morgan fingerprint density at radius 1 is 1.16 bits per heavy atom. The van der Waals surface area contributed by atoms with Crippen molar-refractivity contribution in [1.82, 2.24) is 5.32 Å². The highest BCUT2D eigenvalue weighted by molar-refractivity contribution is 5.27. The second-order valence-corrected chi connectivity index (χ2v) is 4.87. The minimum Gasteiger partial charge on any atom is -0.491 e. The second-order valence-electron chi connectivity index (χ2n) is 4.87. The van der Waals surface area contributed by atoms with E-state index in [1.54, 1.807) is 0 Å². The maximum absolute atomic E-state index is 9.78. The van der Waals surface area contributed by atoms with Gasteiger partial charge in [0.05, 0.1) is 0 Å². The molecule has 108 valence electrons. The summed E-state index contributed by atoms with van der Waals surface area (Å²) < 4.78 is 5.56. The van der Waals surface area contributed by atoms with E-state index in [1.807, 2.05) is 12.1 Å². The van der Waals surface area contributed by atoms with Crippen molar-refractivity contribution in [2.24, 2.45) is 0 Å². The Bertz CT molecular complexity index is 324. The Balaban J connectivity index is 2.13. The first kappa shape index (κ1) is 16.0. The lowest BCUT2D eigenvalue weighted by molar-refractivity contribution is 0.106. The fourth-order valence-corrected chi connectivity index (χ4v) is 1.84. The van der Waals surface area contributed by atoms with E-state index in [4.69, 9.17) is 4.74 Å². The summed E-state index contributed by atoms with van der Waals surface area (Å²) in [7, 11) is 0. The summed E-state index contributed by atoms with van der Waals surface area (Å²) in [5, 5.41) is 13.0. The summed E-state index contributed by atoms with van der Waals surface area (Å²) in [6.07, 6.45) is 4.21. The Hall–Kier alpha value is -1.06. The summed E-state index contributed by atoms with van der Waals surface area (Å²) >= 11 is 0. The van der Waals surface area contributed by atoms with Gasteiger partial charge in [0.2, 0.25) is 0 Å². The third-order valence-electron chi connectivity index (χ3n) is 3.11. The topological polar surface area (TPSA) is 41.5 Å². The predicted molar refractivity (Wildman–Crippen MR) is 79.7 cm³/mol. The largest absolute Gasteiger partial charge is 0.491 e. The number of nitrogens with one attached hydrogen (secondary N) is 1. The van der Waals surface area contributed by atoms with Gasteiger partial charge in [0.25, 0.3) is 0 Å². The fourth-order valence-electron chi connectivity index (χ4n) is 1.84. The lowest BCUT2D eigenvalue weighted by Crippen LogP contribution is -2.32. The first-order valence-electron chi connectivity index (χ1n) is 7.36. The summed E-state index contributed by atoms with van der Waals surface area (Å²) in [6.45, 7) is 6.22. The first-order valence-corrected chi connectivity index (χ1v) is 7.36. The van der Waals surface area contributed by atoms with Gasteiger partial charge in [0.1, 0.15) is 18.5 Å². The van der Waals surface area contributed by atoms with E-state index in [0.717, 1.165) is 18.7 Å². The SMILES string of the molecule is CCCCCNCC(O)COc1ccc(CC)cc1. The van der Waals surface area contributed by atoms with Crippen LogP contribution in [0, 0.1) is 0 Å². The molecular formula is C16H27NO2. The number of aliphatic hydroxyl groups excluding tert-OH is 1. The molecule has 3 heteroatoms. The molecule has 0 saturated heterocycles. The number of hydrogen-bond donors (Lipinski definition) is 2. The number of unbranched alkanes of at least 4 members (excludes halogenated alkanes) is 2. The summed E-state index contributed by atoms with van der Waals surface area (Å²) in [5.74, 6) is 0.822. The molecule has 0 aliphatic rings. The second kappa shape index (κ2) is 9.82. The highest BCUT2D eigenvalue weighted by atomic mass is 16.5. The molecule has 0 spiro atoms. The van der Waals surface area contributed by atoms with Crippen LogP contribution in [0.5, 0.6) is 5.75 Å². The molecule has 1 unspecified atom stereocenters. The predicted octanol–water partition coefficient (Wildman–Crippen LogP) is 2.77. The molecule has 0 aromatic heterocycles. The van der Waals surface area contributed by atoms with E-state index in [1.165, 1.54) is 24.8 Å². The molecule has 0 aliphatic heterocycles. The number of hydrogen-bond acceptors (Lipinski definition) is 3. The summed E-state index contributed by atoms with van der Waals surface area (Å²) in [5.41, 5.74) is 1.30. The molecule has 1 aromatic carbocycles. The van der Waals surface area contributed by atoms with E-state index in [-0.39, 0.29) is 0 Å². The van der Waals surface area contributed by atoms with Crippen molar-refractivity contribution in [2.75, 3.05) is 19.7 Å². The summed E-state index contributed by atoms with van der Waals surface area (Å²) in [4.78, 5) is 0. The van der Waals surface area contributed by atoms with Crippen LogP contribution in [0.4, 0.5) is 0 Å². The smallest absolute Gasteiger partial charge is 0.119 e. The average Bonchev–Trinajstić information content (AvgIpc) is 2.45. The van der Waals surface area contributed by atoms with Crippen LogP contribution in [-0.4, -0.2) is 30.9 Å². The highest BCUT2D eigenvalue weighted by Crippen LogP contribution is 2.12. The molecule has 0 fully saturated rings. The van der Waals surface area contributed by atoms with Gasteiger partial charge < -0.3 is 15.2 Å². The van der Waals surface area contributed by atoms with Gasteiger partial charge in [-0.25, -0.2) is 0 Å². The lowest BCUT2D eigenvalue weighted by atomic mass is 10.2. The van der Waals surface area contributed by atoms with E-state index >= 15 is 0 Å². The van der Waals surface area contributed by atoms with Crippen LogP contribution in [0.1, 0.15) is 38.7 Å². The average molecular weight is 265 g/mol. The maximum Gasteiger partial charge on any atom is 0.119 e. The van der Waals surface area contributed by atoms with Gasteiger partial charge in [-0.1, -0.05) is 38.8 Å². The minimum atomic E-state index is -0.451. The standard InChI is InChI=1S/C16H27NO2/c1-3-5-6-11-17-12-15(18)13-19-16-9-7-14(4-2)8-10-16/h7-10,15,17-18H,3-6,11-13H2,1-2H3. The third-order valence-corrected chi connectivity index (χ3v) is 3.11. The van der Waals surface area contributed by atoms with Crippen LogP contribution in [0.15, 0.2) is 24.3 Å². The van der Waals surface area contributed by atoms with Crippen LogP contribution in [0.25, 0.3) is 0 Å². The van der Waals surface area contributed by atoms with Gasteiger partial charge in [-0.2, -0.15) is 0 Å². The van der Waals surface area contributed by atoms with Crippen molar-refractivity contribution in [3.63, 3.8) is 0 Å². The highest BCUT2D eigenvalue weighted by Gasteiger charge is 2.04. The molecule has 2 N–H and O–H groups in total. The molecule has 0 heterocycles. The van der Waals surface area contributed by atoms with Gasteiger partial charge >= 0.3 is 0 Å². The monoisotopic (exact) mass is 265 g/mol. The molecule has 0 radical (unpaired) electrons. The normalized spacial score (nSPS) is 12.4. The Labute approximate surface area is 117 Å². The van der Waals surface area contributed by atoms with Crippen LogP contribution in [0.3, 0.4) is 0 Å². The molecule has 1 atom stereocenters. The van der Waals surface area contributed by atoms with E-state index in [2.05, 4.69) is 31.3 Å². The van der Waals surface area contributed by atoms with Crippen LogP contribution >= 0.6 is 0 Å². The lowest BCUT2D eigenvalue weighted by Gasteiger charge is -2.13. The van der Waals surface area contributed by atoms with E-state index < -0.39 is 6.10 Å². The van der Waals surface area contributed by atoms with Gasteiger partial charge in [-0.05, 0) is 37.1 Å². The zero-order valence-corrected chi connectivity index (χ0v) is 12.2. The zero-order chi connectivity index (χ0) is 13.9. The number of rotatable bonds is 10. The molecule has 0 amide bonds. The Morgan fingerprint density at radius 2 is 1.89 bits per heavy atom.